The maximum atomic E-state index is 11.8. The Balaban J connectivity index is 4.79. The Morgan fingerprint density at radius 3 is 2.13 bits per heavy atom. The molecule has 0 aromatic rings. The molecule has 0 aliphatic heterocycles. The normalized spacial score (nSPS) is 14.4. The monoisotopic (exact) mass is 217 g/mol. The fraction of sp³-hybridized carbons (Fsp3) is 0.800. The summed E-state index contributed by atoms with van der Waals surface area (Å²) in [6.07, 6.45) is 0.681. The Morgan fingerprint density at radius 2 is 1.80 bits per heavy atom. The third-order valence-corrected chi connectivity index (χ3v) is 2.46. The lowest BCUT2D eigenvalue weighted by molar-refractivity contribution is -0.888. The predicted molar refractivity (Wildman–Crippen MR) is 56.5 cm³/mol. The van der Waals surface area contributed by atoms with E-state index in [1.165, 1.54) is 0 Å². The molecule has 0 rings (SSSR count). The molecule has 1 unspecified atom stereocenters. The second-order valence-corrected chi connectivity index (χ2v) is 3.37. The predicted octanol–water partition coefficient (Wildman–Crippen LogP) is 0.193. The van der Waals surface area contributed by atoms with Crippen LogP contribution in [0.5, 0.6) is 0 Å². The number of hydrogen-bond acceptors (Lipinski definition) is 3. The molecule has 2 N–H and O–H groups in total. The summed E-state index contributed by atoms with van der Waals surface area (Å²) >= 11 is 0. The quantitative estimate of drug-likeness (QED) is 0.510. The molecule has 88 valence electrons. The summed E-state index contributed by atoms with van der Waals surface area (Å²) in [6, 6.07) is 0. The molecule has 0 aliphatic rings. The van der Waals surface area contributed by atoms with E-state index in [-0.39, 0.29) is 29.6 Å². The molecule has 0 saturated carbocycles. The van der Waals surface area contributed by atoms with Crippen LogP contribution in [0.15, 0.2) is 0 Å². The number of aliphatic hydroxyl groups is 1. The van der Waals surface area contributed by atoms with E-state index in [4.69, 9.17) is 5.11 Å². The van der Waals surface area contributed by atoms with Crippen molar-refractivity contribution in [2.45, 2.75) is 33.6 Å². The van der Waals surface area contributed by atoms with E-state index in [9.17, 15) is 9.59 Å². The van der Waals surface area contributed by atoms with Crippen molar-refractivity contribution in [1.29, 1.82) is 0 Å². The van der Waals surface area contributed by atoms with Crippen LogP contribution in [0.25, 0.3) is 0 Å². The lowest BCUT2D eigenvalue weighted by atomic mass is 10.3. The summed E-state index contributed by atoms with van der Waals surface area (Å²) in [5.74, 6) is -0.250. The molecule has 5 nitrogen and oxygen atoms in total. The van der Waals surface area contributed by atoms with Crippen LogP contribution < -0.4 is 5.43 Å². The first-order valence-electron chi connectivity index (χ1n) is 5.38. The fourth-order valence-electron chi connectivity index (χ4n) is 1.45. The van der Waals surface area contributed by atoms with Crippen LogP contribution in [0, 0.1) is 0 Å². The zero-order valence-electron chi connectivity index (χ0n) is 9.75. The highest BCUT2D eigenvalue weighted by Gasteiger charge is 2.35. The Morgan fingerprint density at radius 1 is 1.20 bits per heavy atom. The number of carbonyl (C=O) groups is 2. The van der Waals surface area contributed by atoms with Crippen LogP contribution in [0.3, 0.4) is 0 Å². The molecular formula is C10H21N2O3+. The lowest BCUT2D eigenvalue weighted by Crippen LogP contribution is -2.64. The molecule has 0 heterocycles. The molecule has 0 bridgehead atoms. The molecule has 0 fully saturated rings. The van der Waals surface area contributed by atoms with Crippen molar-refractivity contribution in [1.82, 2.24) is 5.43 Å². The summed E-state index contributed by atoms with van der Waals surface area (Å²) in [6.45, 7) is 5.87. The number of hydrogen-bond donors (Lipinski definition) is 2. The van der Waals surface area contributed by atoms with Gasteiger partial charge in [0.1, 0.15) is 13.1 Å². The summed E-state index contributed by atoms with van der Waals surface area (Å²) in [5, 5.41) is 8.94. The number of likely N-dealkylation sites (N-methyl/N-ethyl adjacent to an activating group) is 1. The van der Waals surface area contributed by atoms with Gasteiger partial charge in [-0.1, -0.05) is 13.8 Å². The highest BCUT2D eigenvalue weighted by atomic mass is 16.3. The van der Waals surface area contributed by atoms with Gasteiger partial charge < -0.3 is 5.11 Å². The molecule has 0 radical (unpaired) electrons. The average molecular weight is 217 g/mol. The van der Waals surface area contributed by atoms with Gasteiger partial charge in [-0.15, -0.1) is 0 Å². The number of carbonyl (C=O) groups excluding carboxylic acids is 2. The van der Waals surface area contributed by atoms with Gasteiger partial charge in [-0.25, -0.2) is 4.79 Å². The van der Waals surface area contributed by atoms with Gasteiger partial charge in [0.25, 0.3) is 5.91 Å². The topological polar surface area (TPSA) is 66.4 Å². The van der Waals surface area contributed by atoms with Crippen molar-refractivity contribution in [3.05, 3.63) is 0 Å². The molecule has 0 aromatic carbocycles. The molecule has 5 heteroatoms. The summed E-state index contributed by atoms with van der Waals surface area (Å²) in [7, 11) is 0. The molecular weight excluding hydrogens is 196 g/mol. The Labute approximate surface area is 90.6 Å². The van der Waals surface area contributed by atoms with Crippen LogP contribution in [0.1, 0.15) is 33.6 Å². The van der Waals surface area contributed by atoms with Gasteiger partial charge in [0.15, 0.2) is 0 Å². The van der Waals surface area contributed by atoms with Crippen molar-refractivity contribution >= 4 is 11.8 Å². The molecule has 2 amide bonds. The van der Waals surface area contributed by atoms with Crippen molar-refractivity contribution in [3.63, 3.8) is 0 Å². The van der Waals surface area contributed by atoms with Crippen molar-refractivity contribution in [3.8, 4) is 0 Å². The van der Waals surface area contributed by atoms with Gasteiger partial charge in [0, 0.05) is 6.42 Å². The third-order valence-electron chi connectivity index (χ3n) is 2.46. The molecule has 1 atom stereocenters. The number of quaternary nitrogens is 1. The van der Waals surface area contributed by atoms with E-state index in [2.05, 4.69) is 5.43 Å². The lowest BCUT2D eigenvalue weighted by Gasteiger charge is -2.33. The standard InChI is InChI=1S/C10H20N2O3/c1-4-9(14)11-12(6-3,7-8-13)10(15)5-2/h13H,4-8H2,1-3H3/p+1. The first kappa shape index (κ1) is 14.1. The SMILES string of the molecule is CCC(=O)N[N+](CC)(CCO)C(=O)CC. The number of amides is 2. The van der Waals surface area contributed by atoms with Crippen molar-refractivity contribution in [2.24, 2.45) is 0 Å². The summed E-state index contributed by atoms with van der Waals surface area (Å²) < 4.78 is -0.153. The van der Waals surface area contributed by atoms with Gasteiger partial charge in [-0.3, -0.25) is 4.79 Å². The number of nitrogens with zero attached hydrogens (tertiary/aromatic N) is 1. The van der Waals surface area contributed by atoms with Crippen LogP contribution in [-0.2, 0) is 9.59 Å². The van der Waals surface area contributed by atoms with E-state index < -0.39 is 0 Å². The maximum absolute atomic E-state index is 11.8. The Hall–Kier alpha value is -0.940. The van der Waals surface area contributed by atoms with Gasteiger partial charge in [-0.2, -0.15) is 10.0 Å². The third kappa shape index (κ3) is 3.60. The van der Waals surface area contributed by atoms with Crippen LogP contribution in [-0.4, -0.2) is 41.2 Å². The van der Waals surface area contributed by atoms with E-state index in [0.717, 1.165) is 0 Å². The first-order chi connectivity index (χ1) is 7.06. The van der Waals surface area contributed by atoms with Gasteiger partial charge >= 0.3 is 5.91 Å². The van der Waals surface area contributed by atoms with E-state index in [0.29, 0.717) is 19.4 Å². The molecule has 0 saturated heterocycles. The Bertz CT molecular complexity index is 231. The van der Waals surface area contributed by atoms with Crippen LogP contribution >= 0.6 is 0 Å². The summed E-state index contributed by atoms with van der Waals surface area (Å²) in [4.78, 5) is 23.1. The minimum Gasteiger partial charge on any atom is -0.390 e. The molecule has 0 aromatic heterocycles. The smallest absolute Gasteiger partial charge is 0.337 e. The van der Waals surface area contributed by atoms with Gasteiger partial charge in [0.2, 0.25) is 0 Å². The molecule has 0 spiro atoms. The second kappa shape index (κ2) is 6.53. The zero-order chi connectivity index (χ0) is 11.9. The zero-order valence-corrected chi connectivity index (χ0v) is 9.75. The second-order valence-electron chi connectivity index (χ2n) is 3.37. The van der Waals surface area contributed by atoms with E-state index >= 15 is 0 Å². The fourth-order valence-corrected chi connectivity index (χ4v) is 1.45. The van der Waals surface area contributed by atoms with Crippen LogP contribution in [0.4, 0.5) is 0 Å². The van der Waals surface area contributed by atoms with E-state index in [1.807, 2.05) is 6.92 Å². The molecule has 0 aliphatic carbocycles. The first-order valence-corrected chi connectivity index (χ1v) is 5.38. The average Bonchev–Trinajstić information content (AvgIpc) is 2.26. The summed E-state index contributed by atoms with van der Waals surface area (Å²) in [5.41, 5.74) is 2.67. The van der Waals surface area contributed by atoms with Gasteiger partial charge in [0.05, 0.1) is 13.0 Å². The number of rotatable bonds is 5. The van der Waals surface area contributed by atoms with Crippen molar-refractivity contribution in [2.75, 3.05) is 19.7 Å². The van der Waals surface area contributed by atoms with Crippen molar-refractivity contribution < 1.29 is 19.3 Å². The minimum absolute atomic E-state index is 0.0756. The Kier molecular flexibility index (Phi) is 6.12. The highest BCUT2D eigenvalue weighted by molar-refractivity contribution is 5.77. The maximum Gasteiger partial charge on any atom is 0.337 e. The largest absolute Gasteiger partial charge is 0.390 e. The number of nitrogens with one attached hydrogen (secondary N) is 1. The van der Waals surface area contributed by atoms with Crippen LogP contribution in [0.2, 0.25) is 0 Å². The van der Waals surface area contributed by atoms with Gasteiger partial charge in [-0.05, 0) is 6.92 Å². The van der Waals surface area contributed by atoms with E-state index in [1.54, 1.807) is 13.8 Å². The minimum atomic E-state index is -0.174. The molecule has 15 heavy (non-hydrogen) atoms. The number of aliphatic hydroxyl groups excluding tert-OH is 1. The highest BCUT2D eigenvalue weighted by Crippen LogP contribution is 2.06.